The van der Waals surface area contributed by atoms with E-state index >= 15 is 0 Å². The number of aliphatic hydroxyl groups excluding tert-OH is 1. The highest BCUT2D eigenvalue weighted by molar-refractivity contribution is 6.17. The van der Waals surface area contributed by atoms with E-state index in [1.54, 1.807) is 0 Å². The lowest BCUT2D eigenvalue weighted by molar-refractivity contribution is 0.296. The molecule has 0 aliphatic rings. The summed E-state index contributed by atoms with van der Waals surface area (Å²) in [4.78, 5) is 2.00. The van der Waals surface area contributed by atoms with E-state index in [-0.39, 0.29) is 6.61 Å². The standard InChI is InChI=1S/C3H7ClO.C3H9N/c4-2-1-3-5;1-4(2)3/h5H,1-3H2;1-3H3. The van der Waals surface area contributed by atoms with Crippen molar-refractivity contribution >= 4 is 11.6 Å². The van der Waals surface area contributed by atoms with Gasteiger partial charge >= 0.3 is 0 Å². The van der Waals surface area contributed by atoms with Crippen molar-refractivity contribution in [3.63, 3.8) is 0 Å². The first kappa shape index (κ1) is 11.9. The molecule has 0 heterocycles. The Bertz CT molecular complexity index is 37.3. The average Bonchev–Trinajstić information content (AvgIpc) is 1.66. The minimum atomic E-state index is 0.212. The van der Waals surface area contributed by atoms with Gasteiger partial charge in [0, 0.05) is 12.5 Å². The van der Waals surface area contributed by atoms with Crippen LogP contribution >= 0.6 is 11.6 Å². The SMILES string of the molecule is CN(C)C.OCCCCl. The van der Waals surface area contributed by atoms with E-state index < -0.39 is 0 Å². The Hall–Kier alpha value is 0.210. The molecule has 0 atom stereocenters. The predicted octanol–water partition coefficient (Wildman–Crippen LogP) is 0.785. The normalized spacial score (nSPS) is 8.67. The molecule has 0 spiro atoms. The van der Waals surface area contributed by atoms with Crippen molar-refractivity contribution in [1.29, 1.82) is 0 Å². The van der Waals surface area contributed by atoms with Gasteiger partial charge in [0.1, 0.15) is 0 Å². The minimum Gasteiger partial charge on any atom is -0.396 e. The molecule has 0 radical (unpaired) electrons. The fourth-order valence-electron chi connectivity index (χ4n) is 0.0598. The van der Waals surface area contributed by atoms with Crippen molar-refractivity contribution in [2.45, 2.75) is 6.42 Å². The summed E-state index contributed by atoms with van der Waals surface area (Å²) in [5, 5.41) is 7.98. The van der Waals surface area contributed by atoms with Gasteiger partial charge in [0.15, 0.2) is 0 Å². The van der Waals surface area contributed by atoms with E-state index in [1.165, 1.54) is 0 Å². The van der Waals surface area contributed by atoms with Crippen molar-refractivity contribution in [3.8, 4) is 0 Å². The Morgan fingerprint density at radius 2 is 1.67 bits per heavy atom. The molecule has 0 aliphatic carbocycles. The topological polar surface area (TPSA) is 23.5 Å². The van der Waals surface area contributed by atoms with Gasteiger partial charge in [-0.15, -0.1) is 11.6 Å². The van der Waals surface area contributed by atoms with Gasteiger partial charge in [-0.2, -0.15) is 0 Å². The molecule has 0 saturated heterocycles. The van der Waals surface area contributed by atoms with Crippen LogP contribution in [0.15, 0.2) is 0 Å². The highest BCUT2D eigenvalue weighted by atomic mass is 35.5. The van der Waals surface area contributed by atoms with Crippen molar-refractivity contribution in [1.82, 2.24) is 4.90 Å². The molecule has 9 heavy (non-hydrogen) atoms. The van der Waals surface area contributed by atoms with Crippen molar-refractivity contribution < 1.29 is 5.11 Å². The van der Waals surface area contributed by atoms with E-state index in [9.17, 15) is 0 Å². The van der Waals surface area contributed by atoms with Crippen LogP contribution in [0.4, 0.5) is 0 Å². The van der Waals surface area contributed by atoms with Crippen molar-refractivity contribution in [3.05, 3.63) is 0 Å². The summed E-state index contributed by atoms with van der Waals surface area (Å²) in [6.07, 6.45) is 0.710. The fraction of sp³-hybridized carbons (Fsp3) is 1.00. The zero-order valence-electron chi connectivity index (χ0n) is 6.39. The maximum absolute atomic E-state index is 7.98. The van der Waals surface area contributed by atoms with Crippen molar-refractivity contribution in [2.75, 3.05) is 33.6 Å². The molecule has 3 heteroatoms. The first-order valence-electron chi connectivity index (χ1n) is 2.93. The highest BCUT2D eigenvalue weighted by Gasteiger charge is 1.71. The fourth-order valence-corrected chi connectivity index (χ4v) is 0.179. The molecule has 1 N–H and O–H groups in total. The van der Waals surface area contributed by atoms with Gasteiger partial charge in [0.2, 0.25) is 0 Å². The maximum Gasteiger partial charge on any atom is 0.0442 e. The third-order valence-corrected chi connectivity index (χ3v) is 0.559. The number of rotatable bonds is 2. The molecule has 0 amide bonds. The largest absolute Gasteiger partial charge is 0.396 e. The second-order valence-electron chi connectivity index (χ2n) is 2.11. The minimum absolute atomic E-state index is 0.212. The van der Waals surface area contributed by atoms with Gasteiger partial charge in [-0.05, 0) is 27.6 Å². The third kappa shape index (κ3) is 64.8. The third-order valence-electron chi connectivity index (χ3n) is 0.292. The van der Waals surface area contributed by atoms with Crippen LogP contribution in [-0.4, -0.2) is 43.6 Å². The molecule has 0 saturated carbocycles. The van der Waals surface area contributed by atoms with E-state index in [4.69, 9.17) is 16.7 Å². The van der Waals surface area contributed by atoms with E-state index in [0.29, 0.717) is 12.3 Å². The molecule has 0 aliphatic heterocycles. The molecule has 0 unspecified atom stereocenters. The van der Waals surface area contributed by atoms with E-state index in [2.05, 4.69) is 0 Å². The van der Waals surface area contributed by atoms with Crippen LogP contribution in [0.3, 0.4) is 0 Å². The summed E-state index contributed by atoms with van der Waals surface area (Å²) in [6, 6.07) is 0. The number of hydrogen-bond donors (Lipinski definition) is 1. The van der Waals surface area contributed by atoms with E-state index in [0.717, 1.165) is 0 Å². The predicted molar refractivity (Wildman–Crippen MR) is 42.0 cm³/mol. The Morgan fingerprint density at radius 1 is 1.33 bits per heavy atom. The Labute approximate surface area is 62.4 Å². The van der Waals surface area contributed by atoms with Gasteiger partial charge in [-0.3, -0.25) is 0 Å². The Balaban J connectivity index is 0. The van der Waals surface area contributed by atoms with Crippen LogP contribution in [-0.2, 0) is 0 Å². The molecule has 0 rings (SSSR count). The average molecular weight is 154 g/mol. The molecule has 0 aromatic rings. The summed E-state index contributed by atoms with van der Waals surface area (Å²) in [7, 11) is 6.00. The lowest BCUT2D eigenvalue weighted by Crippen LogP contribution is -1.99. The molecule has 0 aromatic heterocycles. The molecule has 0 aromatic carbocycles. The Kier molecular flexibility index (Phi) is 14.7. The van der Waals surface area contributed by atoms with Crippen LogP contribution in [0, 0.1) is 0 Å². The van der Waals surface area contributed by atoms with Gasteiger partial charge < -0.3 is 10.0 Å². The van der Waals surface area contributed by atoms with Crippen LogP contribution in [0.2, 0.25) is 0 Å². The quantitative estimate of drug-likeness (QED) is 0.593. The lowest BCUT2D eigenvalue weighted by atomic mass is 10.5. The lowest BCUT2D eigenvalue weighted by Gasteiger charge is -1.90. The van der Waals surface area contributed by atoms with Crippen LogP contribution in [0.5, 0.6) is 0 Å². The number of nitrogens with zero attached hydrogens (tertiary/aromatic N) is 1. The van der Waals surface area contributed by atoms with E-state index in [1.807, 2.05) is 26.0 Å². The summed E-state index contributed by atoms with van der Waals surface area (Å²) >= 11 is 5.14. The summed E-state index contributed by atoms with van der Waals surface area (Å²) < 4.78 is 0. The molecular formula is C6H16ClNO. The summed E-state index contributed by atoms with van der Waals surface area (Å²) in [6.45, 7) is 0.212. The second-order valence-corrected chi connectivity index (χ2v) is 2.49. The van der Waals surface area contributed by atoms with Crippen molar-refractivity contribution in [2.24, 2.45) is 0 Å². The number of halogens is 1. The Morgan fingerprint density at radius 3 is 1.67 bits per heavy atom. The summed E-state index contributed by atoms with van der Waals surface area (Å²) in [5.74, 6) is 0.566. The van der Waals surface area contributed by atoms with Crippen LogP contribution in [0.25, 0.3) is 0 Å². The number of aliphatic hydroxyl groups is 1. The zero-order chi connectivity index (χ0) is 7.70. The van der Waals surface area contributed by atoms with Gasteiger partial charge in [-0.1, -0.05) is 0 Å². The highest BCUT2D eigenvalue weighted by Crippen LogP contribution is 1.77. The molecular weight excluding hydrogens is 138 g/mol. The van der Waals surface area contributed by atoms with Gasteiger partial charge in [-0.25, -0.2) is 0 Å². The number of hydrogen-bond acceptors (Lipinski definition) is 2. The molecule has 0 fully saturated rings. The molecule has 2 nitrogen and oxygen atoms in total. The van der Waals surface area contributed by atoms with Crippen LogP contribution < -0.4 is 0 Å². The second kappa shape index (κ2) is 11.1. The molecule has 58 valence electrons. The first-order valence-corrected chi connectivity index (χ1v) is 3.46. The monoisotopic (exact) mass is 153 g/mol. The van der Waals surface area contributed by atoms with Gasteiger partial charge in [0.05, 0.1) is 0 Å². The van der Waals surface area contributed by atoms with Crippen LogP contribution in [0.1, 0.15) is 6.42 Å². The summed E-state index contributed by atoms with van der Waals surface area (Å²) in [5.41, 5.74) is 0. The zero-order valence-corrected chi connectivity index (χ0v) is 7.15. The molecule has 0 bridgehead atoms. The number of alkyl halides is 1. The first-order chi connectivity index (χ1) is 4.15. The van der Waals surface area contributed by atoms with Gasteiger partial charge in [0.25, 0.3) is 0 Å². The smallest absolute Gasteiger partial charge is 0.0442 e. The maximum atomic E-state index is 7.98.